The van der Waals surface area contributed by atoms with Crippen molar-refractivity contribution >= 4 is 28.1 Å². The molecule has 0 unspecified atom stereocenters. The molecule has 1 fully saturated rings. The minimum atomic E-state index is -0.224. The van der Waals surface area contributed by atoms with E-state index in [-0.39, 0.29) is 5.91 Å². The number of carbonyl (C=O) groups excluding carboxylic acids is 1. The Bertz CT molecular complexity index is 1010. The molecule has 1 aromatic heterocycles. The molecule has 2 aromatic carbocycles. The van der Waals surface area contributed by atoms with Crippen molar-refractivity contribution in [2.24, 2.45) is 0 Å². The lowest BCUT2D eigenvalue weighted by Gasteiger charge is -2.30. The summed E-state index contributed by atoms with van der Waals surface area (Å²) in [6.07, 6.45) is 7.32. The van der Waals surface area contributed by atoms with E-state index in [2.05, 4.69) is 21.3 Å². The number of fused-ring (bicyclic) bond motifs is 1. The summed E-state index contributed by atoms with van der Waals surface area (Å²) in [6, 6.07) is 11.2. The highest BCUT2D eigenvalue weighted by atomic mass is 16.5. The average Bonchev–Trinajstić information content (AvgIpc) is 2.79. The van der Waals surface area contributed by atoms with Crippen LogP contribution in [0.1, 0.15) is 29.6 Å². The zero-order valence-corrected chi connectivity index (χ0v) is 16.8. The molecule has 1 aliphatic rings. The molecule has 3 aromatic rings. The van der Waals surface area contributed by atoms with Gasteiger partial charge < -0.3 is 19.7 Å². The molecule has 0 radical (unpaired) electrons. The van der Waals surface area contributed by atoms with Crippen molar-refractivity contribution in [2.45, 2.75) is 19.3 Å². The largest absolute Gasteiger partial charge is 0.497 e. The molecule has 1 N–H and O–H groups in total. The van der Waals surface area contributed by atoms with Gasteiger partial charge in [0.15, 0.2) is 0 Å². The van der Waals surface area contributed by atoms with Crippen molar-refractivity contribution < 1.29 is 14.3 Å². The van der Waals surface area contributed by atoms with Gasteiger partial charge in [-0.2, -0.15) is 0 Å². The number of anilines is 2. The molecule has 29 heavy (non-hydrogen) atoms. The van der Waals surface area contributed by atoms with Crippen LogP contribution in [0, 0.1) is 0 Å². The van der Waals surface area contributed by atoms with E-state index < -0.39 is 0 Å². The number of amides is 1. The number of nitrogens with zero attached hydrogens (tertiary/aromatic N) is 2. The summed E-state index contributed by atoms with van der Waals surface area (Å²) in [5.74, 6) is 0.918. The molecule has 4 rings (SSSR count). The fraction of sp³-hybridized carbons (Fsp3) is 0.304. The Balaban J connectivity index is 1.67. The van der Waals surface area contributed by atoms with Crippen LogP contribution in [-0.4, -0.2) is 38.2 Å². The van der Waals surface area contributed by atoms with Crippen molar-refractivity contribution in [1.82, 2.24) is 4.98 Å². The molecule has 1 aliphatic heterocycles. The predicted octanol–water partition coefficient (Wildman–Crippen LogP) is 4.49. The topological polar surface area (TPSA) is 63.7 Å². The fourth-order valence-electron chi connectivity index (χ4n) is 3.83. The number of hydrogen-bond donors (Lipinski definition) is 1. The third-order valence-electron chi connectivity index (χ3n) is 5.35. The molecule has 1 amide bonds. The van der Waals surface area contributed by atoms with Crippen LogP contribution in [0.4, 0.5) is 11.4 Å². The zero-order chi connectivity index (χ0) is 20.2. The summed E-state index contributed by atoms with van der Waals surface area (Å²) in [5, 5.41) is 5.05. The number of carbonyl (C=O) groups is 1. The lowest BCUT2D eigenvalue weighted by molar-refractivity contribution is 0.102. The van der Waals surface area contributed by atoms with E-state index in [0.717, 1.165) is 29.5 Å². The third-order valence-corrected chi connectivity index (χ3v) is 5.35. The molecule has 0 spiro atoms. The number of rotatable bonds is 5. The standard InChI is InChI=1S/C23H25N3O3/c1-28-17-12-16(13-18(14-17)29-2)23(27)25-21-6-7-22(26-10-4-3-5-11-26)19-8-9-24-15-20(19)21/h6-9,12-15H,3-5,10-11H2,1-2H3,(H,25,27). The van der Waals surface area contributed by atoms with Gasteiger partial charge in [0.1, 0.15) is 11.5 Å². The molecule has 0 bridgehead atoms. The van der Waals surface area contributed by atoms with Gasteiger partial charge in [0, 0.05) is 53.6 Å². The van der Waals surface area contributed by atoms with Crippen LogP contribution in [0.2, 0.25) is 0 Å². The Kier molecular flexibility index (Phi) is 5.51. The van der Waals surface area contributed by atoms with Gasteiger partial charge in [-0.3, -0.25) is 9.78 Å². The number of pyridine rings is 1. The van der Waals surface area contributed by atoms with Crippen LogP contribution in [0.15, 0.2) is 48.8 Å². The molecule has 0 aliphatic carbocycles. The Morgan fingerprint density at radius 1 is 0.966 bits per heavy atom. The number of aromatic nitrogens is 1. The average molecular weight is 391 g/mol. The minimum Gasteiger partial charge on any atom is -0.497 e. The SMILES string of the molecule is COc1cc(OC)cc(C(=O)Nc2ccc(N3CCCCC3)c3ccncc23)c1. The predicted molar refractivity (Wildman–Crippen MR) is 115 cm³/mol. The van der Waals surface area contributed by atoms with Gasteiger partial charge in [-0.25, -0.2) is 0 Å². The highest BCUT2D eigenvalue weighted by Crippen LogP contribution is 2.33. The van der Waals surface area contributed by atoms with Gasteiger partial charge in [-0.1, -0.05) is 0 Å². The van der Waals surface area contributed by atoms with Crippen molar-refractivity contribution in [2.75, 3.05) is 37.5 Å². The molecule has 0 saturated carbocycles. The molecular weight excluding hydrogens is 366 g/mol. The van der Waals surface area contributed by atoms with Gasteiger partial charge in [0.05, 0.1) is 19.9 Å². The minimum absolute atomic E-state index is 0.224. The maximum Gasteiger partial charge on any atom is 0.255 e. The van der Waals surface area contributed by atoms with Gasteiger partial charge in [-0.05, 0) is 49.6 Å². The summed E-state index contributed by atoms with van der Waals surface area (Å²) in [5.41, 5.74) is 2.40. The molecule has 6 heteroatoms. The maximum atomic E-state index is 12.9. The number of nitrogens with one attached hydrogen (secondary N) is 1. The van der Waals surface area contributed by atoms with Crippen LogP contribution in [0.25, 0.3) is 10.8 Å². The number of hydrogen-bond acceptors (Lipinski definition) is 5. The number of ether oxygens (including phenoxy) is 2. The third kappa shape index (κ3) is 3.97. The van der Waals surface area contributed by atoms with Gasteiger partial charge in [-0.15, -0.1) is 0 Å². The van der Waals surface area contributed by atoms with Crippen LogP contribution in [-0.2, 0) is 0 Å². The first-order valence-electron chi connectivity index (χ1n) is 9.85. The van der Waals surface area contributed by atoms with Crippen LogP contribution < -0.4 is 19.7 Å². The van der Waals surface area contributed by atoms with Crippen molar-refractivity contribution in [3.05, 3.63) is 54.4 Å². The number of benzene rings is 2. The van der Waals surface area contributed by atoms with E-state index in [9.17, 15) is 4.79 Å². The van der Waals surface area contributed by atoms with E-state index >= 15 is 0 Å². The second kappa shape index (κ2) is 8.39. The molecule has 2 heterocycles. The monoisotopic (exact) mass is 391 g/mol. The van der Waals surface area contributed by atoms with E-state index in [0.29, 0.717) is 17.1 Å². The van der Waals surface area contributed by atoms with Crippen molar-refractivity contribution in [1.29, 1.82) is 0 Å². The Hall–Kier alpha value is -3.28. The molecule has 6 nitrogen and oxygen atoms in total. The Morgan fingerprint density at radius 3 is 2.38 bits per heavy atom. The zero-order valence-electron chi connectivity index (χ0n) is 16.8. The lowest BCUT2D eigenvalue weighted by atomic mass is 10.0. The number of piperidine rings is 1. The second-order valence-corrected chi connectivity index (χ2v) is 7.16. The summed E-state index contributed by atoms with van der Waals surface area (Å²) in [4.78, 5) is 19.6. The maximum absolute atomic E-state index is 12.9. The van der Waals surface area contributed by atoms with Crippen molar-refractivity contribution in [3.8, 4) is 11.5 Å². The first-order chi connectivity index (χ1) is 14.2. The van der Waals surface area contributed by atoms with Crippen LogP contribution in [0.5, 0.6) is 11.5 Å². The summed E-state index contributed by atoms with van der Waals surface area (Å²) < 4.78 is 10.6. The number of methoxy groups -OCH3 is 2. The smallest absolute Gasteiger partial charge is 0.255 e. The molecule has 0 atom stereocenters. The molecule has 150 valence electrons. The van der Waals surface area contributed by atoms with E-state index in [1.807, 2.05) is 18.3 Å². The summed E-state index contributed by atoms with van der Waals surface area (Å²) in [7, 11) is 3.13. The van der Waals surface area contributed by atoms with Crippen LogP contribution in [0.3, 0.4) is 0 Å². The first kappa shape index (κ1) is 19.1. The van der Waals surface area contributed by atoms with Gasteiger partial charge in [0.25, 0.3) is 5.91 Å². The fourth-order valence-corrected chi connectivity index (χ4v) is 3.83. The van der Waals surface area contributed by atoms with Crippen molar-refractivity contribution in [3.63, 3.8) is 0 Å². The van der Waals surface area contributed by atoms with E-state index in [1.165, 1.54) is 24.9 Å². The van der Waals surface area contributed by atoms with Gasteiger partial charge >= 0.3 is 0 Å². The lowest BCUT2D eigenvalue weighted by Crippen LogP contribution is -2.29. The second-order valence-electron chi connectivity index (χ2n) is 7.16. The highest BCUT2D eigenvalue weighted by Gasteiger charge is 2.17. The summed E-state index contributed by atoms with van der Waals surface area (Å²) in [6.45, 7) is 2.12. The van der Waals surface area contributed by atoms with E-state index in [1.54, 1.807) is 38.6 Å². The Morgan fingerprint density at radius 2 is 1.69 bits per heavy atom. The van der Waals surface area contributed by atoms with E-state index in [4.69, 9.17) is 9.47 Å². The quantitative estimate of drug-likeness (QED) is 0.694. The highest BCUT2D eigenvalue weighted by molar-refractivity contribution is 6.11. The normalized spacial score (nSPS) is 13.9. The molecular formula is C23H25N3O3. The van der Waals surface area contributed by atoms with Crippen LogP contribution >= 0.6 is 0 Å². The molecule has 1 saturated heterocycles. The first-order valence-corrected chi connectivity index (χ1v) is 9.85. The summed E-state index contributed by atoms with van der Waals surface area (Å²) >= 11 is 0. The van der Waals surface area contributed by atoms with Gasteiger partial charge in [0.2, 0.25) is 0 Å². The Labute approximate surface area is 170 Å².